The van der Waals surface area contributed by atoms with Crippen molar-refractivity contribution in [3.8, 4) is 28.6 Å². The number of hydrogen-bond donors (Lipinski definition) is 0. The molecule has 0 saturated heterocycles. The van der Waals surface area contributed by atoms with E-state index in [9.17, 15) is 9.18 Å². The summed E-state index contributed by atoms with van der Waals surface area (Å²) in [5, 5.41) is 7.88. The third-order valence-electron chi connectivity index (χ3n) is 5.36. The molecule has 4 rings (SSSR count). The molecular formula is C24H23FN4O5. The highest BCUT2D eigenvalue weighted by molar-refractivity contribution is 5.88. The van der Waals surface area contributed by atoms with Crippen molar-refractivity contribution >= 4 is 5.97 Å². The van der Waals surface area contributed by atoms with Crippen molar-refractivity contribution in [2.75, 3.05) is 14.2 Å². The second-order valence-electron chi connectivity index (χ2n) is 7.53. The Kier molecular flexibility index (Phi) is 6.31. The normalized spacial score (nSPS) is 10.9. The van der Waals surface area contributed by atoms with Gasteiger partial charge < -0.3 is 18.6 Å². The van der Waals surface area contributed by atoms with E-state index < -0.39 is 5.97 Å². The molecule has 2 heterocycles. The fraction of sp³-hybridized carbons (Fsp3) is 0.250. The van der Waals surface area contributed by atoms with E-state index in [0.717, 1.165) is 0 Å². The molecular weight excluding hydrogens is 443 g/mol. The van der Waals surface area contributed by atoms with E-state index in [-0.39, 0.29) is 18.1 Å². The summed E-state index contributed by atoms with van der Waals surface area (Å²) in [4.78, 5) is 17.1. The number of halogens is 1. The van der Waals surface area contributed by atoms with Crippen LogP contribution in [0.25, 0.3) is 17.1 Å². The largest absolute Gasteiger partial charge is 0.497 e. The van der Waals surface area contributed by atoms with Crippen LogP contribution in [0, 0.1) is 26.6 Å². The molecule has 0 aliphatic rings. The fourth-order valence-electron chi connectivity index (χ4n) is 3.33. The van der Waals surface area contributed by atoms with Crippen LogP contribution in [0.2, 0.25) is 0 Å². The lowest BCUT2D eigenvalue weighted by Crippen LogP contribution is -2.09. The van der Waals surface area contributed by atoms with Crippen LogP contribution in [0.3, 0.4) is 0 Å². The molecule has 0 spiro atoms. The SMILES string of the molecule is COc1ccc(-c2nc(COC(=O)c3nnn(-c4ccc(C)c(F)c4)c3C)c(C)o2)c(OC)c1. The van der Waals surface area contributed by atoms with E-state index in [2.05, 4.69) is 15.3 Å². The van der Waals surface area contributed by atoms with Crippen molar-refractivity contribution in [3.05, 3.63) is 70.6 Å². The van der Waals surface area contributed by atoms with Gasteiger partial charge in [0, 0.05) is 6.07 Å². The Morgan fingerprint density at radius 3 is 2.59 bits per heavy atom. The maximum atomic E-state index is 13.9. The first-order valence-corrected chi connectivity index (χ1v) is 10.4. The lowest BCUT2D eigenvalue weighted by atomic mass is 10.2. The molecule has 176 valence electrons. The lowest BCUT2D eigenvalue weighted by Gasteiger charge is -2.07. The molecule has 2 aromatic heterocycles. The zero-order valence-electron chi connectivity index (χ0n) is 19.4. The van der Waals surface area contributed by atoms with Gasteiger partial charge in [0.2, 0.25) is 5.89 Å². The van der Waals surface area contributed by atoms with Gasteiger partial charge in [-0.05, 0) is 50.6 Å². The van der Waals surface area contributed by atoms with E-state index in [1.807, 2.05) is 0 Å². The van der Waals surface area contributed by atoms with Gasteiger partial charge in [0.25, 0.3) is 0 Å². The quantitative estimate of drug-likeness (QED) is 0.370. The van der Waals surface area contributed by atoms with Crippen molar-refractivity contribution in [3.63, 3.8) is 0 Å². The van der Waals surface area contributed by atoms with Crippen LogP contribution in [0.4, 0.5) is 4.39 Å². The van der Waals surface area contributed by atoms with E-state index in [4.69, 9.17) is 18.6 Å². The molecule has 10 heteroatoms. The molecule has 0 N–H and O–H groups in total. The van der Waals surface area contributed by atoms with E-state index >= 15 is 0 Å². The number of nitrogens with zero attached hydrogens (tertiary/aromatic N) is 4. The molecule has 0 aliphatic carbocycles. The van der Waals surface area contributed by atoms with E-state index in [1.54, 1.807) is 58.2 Å². The molecule has 0 saturated carbocycles. The number of carbonyl (C=O) groups excluding carboxylic acids is 1. The Morgan fingerprint density at radius 1 is 1.09 bits per heavy atom. The Bertz CT molecular complexity index is 1360. The summed E-state index contributed by atoms with van der Waals surface area (Å²) in [5.74, 6) is 0.936. The van der Waals surface area contributed by atoms with Gasteiger partial charge >= 0.3 is 5.97 Å². The lowest BCUT2D eigenvalue weighted by molar-refractivity contribution is 0.0459. The summed E-state index contributed by atoms with van der Waals surface area (Å²) < 4.78 is 37.1. The number of hydrogen-bond acceptors (Lipinski definition) is 8. The predicted octanol–water partition coefficient (Wildman–Crippen LogP) is 4.36. The van der Waals surface area contributed by atoms with Gasteiger partial charge in [0.1, 0.15) is 35.4 Å². The van der Waals surface area contributed by atoms with Crippen molar-refractivity contribution < 1.29 is 27.8 Å². The maximum absolute atomic E-state index is 13.9. The minimum atomic E-state index is -0.678. The van der Waals surface area contributed by atoms with Crippen LogP contribution in [0.5, 0.6) is 11.5 Å². The highest BCUT2D eigenvalue weighted by Gasteiger charge is 2.22. The molecule has 34 heavy (non-hydrogen) atoms. The third kappa shape index (κ3) is 4.34. The highest BCUT2D eigenvalue weighted by atomic mass is 19.1. The Hall–Kier alpha value is -4.21. The molecule has 0 fully saturated rings. The van der Waals surface area contributed by atoms with Crippen LogP contribution >= 0.6 is 0 Å². The second kappa shape index (κ2) is 9.34. The molecule has 0 aliphatic heterocycles. The summed E-state index contributed by atoms with van der Waals surface area (Å²) in [6, 6.07) is 9.92. The van der Waals surface area contributed by atoms with Crippen LogP contribution in [-0.2, 0) is 11.3 Å². The van der Waals surface area contributed by atoms with Gasteiger partial charge in [-0.2, -0.15) is 0 Å². The number of aryl methyl sites for hydroxylation is 2. The number of carbonyl (C=O) groups is 1. The summed E-state index contributed by atoms with van der Waals surface area (Å²) in [6.45, 7) is 4.92. The van der Waals surface area contributed by atoms with Crippen molar-refractivity contribution in [2.24, 2.45) is 0 Å². The summed E-state index contributed by atoms with van der Waals surface area (Å²) in [6.07, 6.45) is 0. The van der Waals surface area contributed by atoms with Crippen LogP contribution in [0.1, 0.15) is 33.2 Å². The predicted molar refractivity (Wildman–Crippen MR) is 120 cm³/mol. The first-order chi connectivity index (χ1) is 16.3. The Labute approximate surface area is 195 Å². The van der Waals surface area contributed by atoms with E-state index in [1.165, 1.54) is 17.9 Å². The molecule has 9 nitrogen and oxygen atoms in total. The number of benzene rings is 2. The minimum absolute atomic E-state index is 0.0270. The third-order valence-corrected chi connectivity index (χ3v) is 5.36. The fourth-order valence-corrected chi connectivity index (χ4v) is 3.33. The number of rotatable bonds is 7. The Morgan fingerprint density at radius 2 is 1.88 bits per heavy atom. The van der Waals surface area contributed by atoms with Crippen LogP contribution < -0.4 is 9.47 Å². The molecule has 0 unspecified atom stereocenters. The maximum Gasteiger partial charge on any atom is 0.361 e. The summed E-state index contributed by atoms with van der Waals surface area (Å²) >= 11 is 0. The molecule has 0 atom stereocenters. The number of ether oxygens (including phenoxy) is 3. The van der Waals surface area contributed by atoms with Crippen molar-refractivity contribution in [1.29, 1.82) is 0 Å². The van der Waals surface area contributed by atoms with Gasteiger partial charge in [-0.15, -0.1) is 5.10 Å². The first kappa shape index (κ1) is 23.0. The summed E-state index contributed by atoms with van der Waals surface area (Å²) in [5.41, 5.74) is 2.50. The Balaban J connectivity index is 1.51. The molecule has 0 radical (unpaired) electrons. The monoisotopic (exact) mass is 466 g/mol. The smallest absolute Gasteiger partial charge is 0.361 e. The average Bonchev–Trinajstić information content (AvgIpc) is 3.41. The van der Waals surface area contributed by atoms with E-state index in [0.29, 0.717) is 51.4 Å². The number of oxazole rings is 1. The van der Waals surface area contributed by atoms with Gasteiger partial charge in [0.05, 0.1) is 31.2 Å². The minimum Gasteiger partial charge on any atom is -0.497 e. The standard InChI is InChI=1S/C24H23FN4O5/c1-13-6-7-16(10-19(13)25)29-14(2)22(27-28-29)24(30)33-12-20-15(3)34-23(26-20)18-9-8-17(31-4)11-21(18)32-5/h6-11H,12H2,1-5H3. The number of esters is 1. The highest BCUT2D eigenvalue weighted by Crippen LogP contribution is 2.33. The van der Waals surface area contributed by atoms with Gasteiger partial charge in [0.15, 0.2) is 5.69 Å². The first-order valence-electron chi connectivity index (χ1n) is 10.4. The van der Waals surface area contributed by atoms with Gasteiger partial charge in [-0.25, -0.2) is 18.9 Å². The molecule has 2 aromatic carbocycles. The van der Waals surface area contributed by atoms with Crippen molar-refractivity contribution in [2.45, 2.75) is 27.4 Å². The van der Waals surface area contributed by atoms with Crippen LogP contribution in [-0.4, -0.2) is 40.2 Å². The zero-order chi connectivity index (χ0) is 24.4. The average molecular weight is 466 g/mol. The topological polar surface area (TPSA) is 102 Å². The molecule has 4 aromatic rings. The van der Waals surface area contributed by atoms with Gasteiger partial charge in [-0.1, -0.05) is 11.3 Å². The molecule has 0 bridgehead atoms. The molecule has 0 amide bonds. The number of methoxy groups -OCH3 is 2. The van der Waals surface area contributed by atoms with Gasteiger partial charge in [-0.3, -0.25) is 0 Å². The number of aromatic nitrogens is 4. The summed E-state index contributed by atoms with van der Waals surface area (Å²) in [7, 11) is 3.10. The second-order valence-corrected chi connectivity index (χ2v) is 7.53. The zero-order valence-corrected chi connectivity index (χ0v) is 19.4. The van der Waals surface area contributed by atoms with Crippen molar-refractivity contribution in [1.82, 2.24) is 20.0 Å². The van der Waals surface area contributed by atoms with Crippen LogP contribution in [0.15, 0.2) is 40.8 Å².